The molecule has 3 rings (SSSR count). The summed E-state index contributed by atoms with van der Waals surface area (Å²) >= 11 is 1.91. The zero-order valence-corrected chi connectivity index (χ0v) is 14.7. The highest BCUT2D eigenvalue weighted by Crippen LogP contribution is 2.20. The Bertz CT molecular complexity index is 871. The molecular formula is C17H19NO3S2. The van der Waals surface area contributed by atoms with Crippen molar-refractivity contribution in [2.75, 3.05) is 0 Å². The Labute approximate surface area is 140 Å². The summed E-state index contributed by atoms with van der Waals surface area (Å²) in [6.07, 6.45) is 1.13. The van der Waals surface area contributed by atoms with Crippen LogP contribution in [-0.2, 0) is 23.1 Å². The van der Waals surface area contributed by atoms with Crippen LogP contribution in [0.25, 0.3) is 10.2 Å². The molecule has 122 valence electrons. The first-order valence-corrected chi connectivity index (χ1v) is 9.61. The lowest BCUT2D eigenvalue weighted by molar-refractivity contribution is -0.670. The van der Waals surface area contributed by atoms with Gasteiger partial charge in [-0.3, -0.25) is 0 Å². The third kappa shape index (κ3) is 4.37. The summed E-state index contributed by atoms with van der Waals surface area (Å²) in [5.41, 5.74) is 1.38. The lowest BCUT2D eigenvalue weighted by atomic mass is 10.3. The quantitative estimate of drug-likeness (QED) is 0.538. The number of fused-ring (bicyclic) bond motifs is 1. The minimum Gasteiger partial charge on any atom is -0.744 e. The van der Waals surface area contributed by atoms with Gasteiger partial charge in [0.25, 0.3) is 0 Å². The summed E-state index contributed by atoms with van der Waals surface area (Å²) in [5, 5.41) is 1.48. The Hall–Kier alpha value is -1.76. The maximum atomic E-state index is 10.3. The lowest BCUT2D eigenvalue weighted by Crippen LogP contribution is -2.34. The Balaban J connectivity index is 0.000000174. The van der Waals surface area contributed by atoms with Gasteiger partial charge in [0.05, 0.1) is 4.90 Å². The second kappa shape index (κ2) is 7.68. The van der Waals surface area contributed by atoms with Crippen molar-refractivity contribution in [3.8, 4) is 0 Å². The molecule has 2 aromatic carbocycles. The molecule has 1 aromatic heterocycles. The molecule has 0 saturated carbocycles. The first-order valence-electron chi connectivity index (χ1n) is 7.38. The van der Waals surface area contributed by atoms with Crippen molar-refractivity contribution in [3.63, 3.8) is 0 Å². The van der Waals surface area contributed by atoms with E-state index in [1.165, 1.54) is 39.5 Å². The van der Waals surface area contributed by atoms with Crippen LogP contribution in [0, 0.1) is 0 Å². The van der Waals surface area contributed by atoms with E-state index in [0.717, 1.165) is 13.0 Å². The van der Waals surface area contributed by atoms with Crippen molar-refractivity contribution >= 4 is 31.7 Å². The topological polar surface area (TPSA) is 61.1 Å². The van der Waals surface area contributed by atoms with Crippen molar-refractivity contribution in [1.82, 2.24) is 0 Å². The molecule has 0 N–H and O–H groups in total. The van der Waals surface area contributed by atoms with Gasteiger partial charge in [0.15, 0.2) is 0 Å². The van der Waals surface area contributed by atoms with E-state index in [1.54, 1.807) is 6.07 Å². The summed E-state index contributed by atoms with van der Waals surface area (Å²) in [6.45, 7) is 5.50. The van der Waals surface area contributed by atoms with Crippen LogP contribution in [0.2, 0.25) is 0 Å². The molecule has 23 heavy (non-hydrogen) atoms. The standard InChI is InChI=1S/C11H14NS.C6H6O3S/c1-3-11-12(4-2)9-7-5-6-8-10(9)13-11;7-10(8,9)6-4-2-1-3-5-6/h5-8H,3-4H2,1-2H3;1-5H,(H,7,8,9)/q+1;/p-1. The third-order valence-corrected chi connectivity index (χ3v) is 5.49. The maximum absolute atomic E-state index is 10.3. The van der Waals surface area contributed by atoms with Gasteiger partial charge in [-0.2, -0.15) is 4.57 Å². The second-order valence-corrected chi connectivity index (χ2v) is 7.32. The van der Waals surface area contributed by atoms with Gasteiger partial charge in [0, 0.05) is 12.5 Å². The monoisotopic (exact) mass is 349 g/mol. The SMILES string of the molecule is CCc1sc2ccccc2[n+]1CC.O=S(=O)([O-])c1ccccc1. The zero-order valence-electron chi connectivity index (χ0n) is 13.1. The minimum absolute atomic E-state index is 0.185. The Morgan fingerprint density at radius 2 is 1.61 bits per heavy atom. The fourth-order valence-corrected chi connectivity index (χ4v) is 3.94. The highest BCUT2D eigenvalue weighted by molar-refractivity contribution is 7.85. The van der Waals surface area contributed by atoms with E-state index in [-0.39, 0.29) is 4.90 Å². The predicted octanol–water partition coefficient (Wildman–Crippen LogP) is 3.36. The van der Waals surface area contributed by atoms with Crippen LogP contribution >= 0.6 is 11.3 Å². The number of hydrogen-bond acceptors (Lipinski definition) is 4. The third-order valence-electron chi connectivity index (χ3n) is 3.34. The summed E-state index contributed by atoms with van der Waals surface area (Å²) in [7, 11) is -4.25. The van der Waals surface area contributed by atoms with E-state index in [0.29, 0.717) is 0 Å². The number of aromatic nitrogens is 1. The number of thiazole rings is 1. The molecule has 0 aliphatic heterocycles. The average Bonchev–Trinajstić information content (AvgIpc) is 2.93. The lowest BCUT2D eigenvalue weighted by Gasteiger charge is -2.04. The van der Waals surface area contributed by atoms with Crippen LogP contribution < -0.4 is 4.57 Å². The number of aryl methyl sites for hydroxylation is 2. The number of para-hydroxylation sites is 1. The fourth-order valence-electron chi connectivity index (χ4n) is 2.28. The largest absolute Gasteiger partial charge is 0.744 e. The van der Waals surface area contributed by atoms with Crippen LogP contribution in [0.1, 0.15) is 18.9 Å². The van der Waals surface area contributed by atoms with Crippen molar-refractivity contribution in [2.24, 2.45) is 0 Å². The summed E-state index contributed by atoms with van der Waals surface area (Å²) in [6, 6.07) is 15.8. The highest BCUT2D eigenvalue weighted by atomic mass is 32.2. The Morgan fingerprint density at radius 1 is 1.00 bits per heavy atom. The number of nitrogens with zero attached hydrogens (tertiary/aromatic N) is 1. The molecule has 0 bridgehead atoms. The first-order chi connectivity index (χ1) is 11.0. The molecule has 0 amide bonds. The van der Waals surface area contributed by atoms with Crippen LogP contribution in [-0.4, -0.2) is 13.0 Å². The molecule has 4 nitrogen and oxygen atoms in total. The second-order valence-electron chi connectivity index (χ2n) is 4.83. The van der Waals surface area contributed by atoms with Gasteiger partial charge in [-0.15, -0.1) is 0 Å². The predicted molar refractivity (Wildman–Crippen MR) is 91.5 cm³/mol. The van der Waals surface area contributed by atoms with Gasteiger partial charge in [0.2, 0.25) is 10.5 Å². The van der Waals surface area contributed by atoms with E-state index >= 15 is 0 Å². The molecule has 0 spiro atoms. The van der Waals surface area contributed by atoms with E-state index in [4.69, 9.17) is 0 Å². The molecule has 6 heteroatoms. The summed E-state index contributed by atoms with van der Waals surface area (Å²) in [5.74, 6) is 0. The molecular weight excluding hydrogens is 330 g/mol. The molecule has 0 saturated heterocycles. The molecule has 3 aromatic rings. The van der Waals surface area contributed by atoms with Crippen LogP contribution in [0.4, 0.5) is 0 Å². The summed E-state index contributed by atoms with van der Waals surface area (Å²) in [4.78, 5) is -0.185. The average molecular weight is 349 g/mol. The van der Waals surface area contributed by atoms with E-state index < -0.39 is 10.1 Å². The molecule has 0 aliphatic rings. The van der Waals surface area contributed by atoms with E-state index in [2.05, 4.69) is 42.7 Å². The first kappa shape index (κ1) is 17.6. The van der Waals surface area contributed by atoms with Gasteiger partial charge in [-0.25, -0.2) is 8.42 Å². The zero-order chi connectivity index (χ0) is 16.9. The van der Waals surface area contributed by atoms with E-state index in [1.807, 2.05) is 11.3 Å². The number of benzene rings is 2. The molecule has 0 radical (unpaired) electrons. The van der Waals surface area contributed by atoms with Gasteiger partial charge in [0.1, 0.15) is 21.4 Å². The number of rotatable bonds is 3. The van der Waals surface area contributed by atoms with Crippen molar-refractivity contribution in [3.05, 3.63) is 59.6 Å². The summed E-state index contributed by atoms with van der Waals surface area (Å²) < 4.78 is 34.6. The number of hydrogen-bond donors (Lipinski definition) is 0. The van der Waals surface area contributed by atoms with Crippen molar-refractivity contribution < 1.29 is 17.5 Å². The maximum Gasteiger partial charge on any atom is 0.238 e. The van der Waals surface area contributed by atoms with Crippen molar-refractivity contribution in [1.29, 1.82) is 0 Å². The molecule has 0 unspecified atom stereocenters. The van der Waals surface area contributed by atoms with Crippen LogP contribution in [0.3, 0.4) is 0 Å². The molecule has 0 aliphatic carbocycles. The van der Waals surface area contributed by atoms with Gasteiger partial charge >= 0.3 is 0 Å². The smallest absolute Gasteiger partial charge is 0.238 e. The van der Waals surface area contributed by atoms with Gasteiger partial charge in [-0.1, -0.05) is 48.6 Å². The fraction of sp³-hybridized carbons (Fsp3) is 0.235. The van der Waals surface area contributed by atoms with Crippen molar-refractivity contribution in [2.45, 2.75) is 31.7 Å². The van der Waals surface area contributed by atoms with Crippen LogP contribution in [0.5, 0.6) is 0 Å². The Kier molecular flexibility index (Phi) is 5.87. The molecule has 0 fully saturated rings. The molecule has 0 atom stereocenters. The normalized spacial score (nSPS) is 11.1. The van der Waals surface area contributed by atoms with Crippen LogP contribution in [0.15, 0.2) is 59.5 Å². The Morgan fingerprint density at radius 3 is 2.13 bits per heavy atom. The molecule has 1 heterocycles. The van der Waals surface area contributed by atoms with Gasteiger partial charge in [-0.05, 0) is 25.1 Å². The minimum atomic E-state index is -4.25. The van der Waals surface area contributed by atoms with Gasteiger partial charge < -0.3 is 4.55 Å². The highest BCUT2D eigenvalue weighted by Gasteiger charge is 2.15. The van der Waals surface area contributed by atoms with E-state index in [9.17, 15) is 13.0 Å².